The Bertz CT molecular complexity index is 639. The lowest BCUT2D eigenvalue weighted by atomic mass is 10.1. The first-order chi connectivity index (χ1) is 10.7. The van der Waals surface area contributed by atoms with E-state index in [4.69, 9.17) is 16.3 Å². The average molecular weight is 323 g/mol. The molecule has 2 aromatic rings. The van der Waals surface area contributed by atoms with Crippen molar-refractivity contribution in [2.24, 2.45) is 0 Å². The zero-order chi connectivity index (χ0) is 15.9. The zero-order valence-electron chi connectivity index (χ0n) is 11.9. The Morgan fingerprint density at radius 3 is 2.82 bits per heavy atom. The normalized spacial score (nSPS) is 11.8. The number of aliphatic hydroxyl groups excluding tert-OH is 1. The minimum atomic E-state index is -0.562. The van der Waals surface area contributed by atoms with Gasteiger partial charge in [-0.15, -0.1) is 0 Å². The summed E-state index contributed by atoms with van der Waals surface area (Å²) in [6, 6.07) is 3.03. The minimum Gasteiger partial charge on any atom is -0.462 e. The average Bonchev–Trinajstić information content (AvgIpc) is 2.53. The number of halogens is 1. The first-order valence-corrected chi connectivity index (χ1v) is 7.00. The standard InChI is InChI=1S/C14H15ClN4O3/c1-2-22-13(21)10-7-17-14(15)19-12(10)18-11(8-20)9-3-5-16-6-4-9/h3-7,11,20H,2,8H2,1H3,(H,17,18,19). The van der Waals surface area contributed by atoms with Crippen LogP contribution >= 0.6 is 11.6 Å². The maximum atomic E-state index is 11.9. The quantitative estimate of drug-likeness (QED) is 0.618. The van der Waals surface area contributed by atoms with E-state index >= 15 is 0 Å². The van der Waals surface area contributed by atoms with E-state index in [2.05, 4.69) is 20.3 Å². The van der Waals surface area contributed by atoms with Gasteiger partial charge >= 0.3 is 5.97 Å². The van der Waals surface area contributed by atoms with Crippen LogP contribution < -0.4 is 5.32 Å². The highest BCUT2D eigenvalue weighted by Crippen LogP contribution is 2.22. The van der Waals surface area contributed by atoms with Gasteiger partial charge in [0, 0.05) is 18.6 Å². The summed E-state index contributed by atoms with van der Waals surface area (Å²) >= 11 is 5.78. The number of carbonyl (C=O) groups excluding carboxylic acids is 1. The Labute approximate surface area is 132 Å². The molecule has 2 rings (SSSR count). The van der Waals surface area contributed by atoms with Crippen molar-refractivity contribution in [3.63, 3.8) is 0 Å². The van der Waals surface area contributed by atoms with Gasteiger partial charge in [0.1, 0.15) is 11.4 Å². The van der Waals surface area contributed by atoms with Gasteiger partial charge in [0.05, 0.1) is 19.3 Å². The highest BCUT2D eigenvalue weighted by Gasteiger charge is 2.19. The summed E-state index contributed by atoms with van der Waals surface area (Å²) in [5.74, 6) is -0.359. The van der Waals surface area contributed by atoms with Crippen molar-refractivity contribution in [1.29, 1.82) is 0 Å². The molecule has 0 spiro atoms. The Kier molecular flexibility index (Phi) is 5.62. The summed E-state index contributed by atoms with van der Waals surface area (Å²) in [6.07, 6.45) is 4.51. The van der Waals surface area contributed by atoms with Crippen molar-refractivity contribution in [2.75, 3.05) is 18.5 Å². The van der Waals surface area contributed by atoms with Crippen molar-refractivity contribution < 1.29 is 14.6 Å². The number of ether oxygens (including phenoxy) is 1. The molecule has 1 unspecified atom stereocenters. The molecule has 0 bridgehead atoms. The zero-order valence-corrected chi connectivity index (χ0v) is 12.6. The first kappa shape index (κ1) is 16.1. The third kappa shape index (κ3) is 3.90. The van der Waals surface area contributed by atoms with Crippen LogP contribution in [0.3, 0.4) is 0 Å². The molecule has 0 fully saturated rings. The highest BCUT2D eigenvalue weighted by molar-refractivity contribution is 6.28. The van der Waals surface area contributed by atoms with Gasteiger partial charge in [0.25, 0.3) is 0 Å². The monoisotopic (exact) mass is 322 g/mol. The summed E-state index contributed by atoms with van der Waals surface area (Å²) < 4.78 is 4.95. The Balaban J connectivity index is 2.30. The number of aromatic nitrogens is 3. The number of nitrogens with one attached hydrogen (secondary N) is 1. The number of hydrogen-bond acceptors (Lipinski definition) is 7. The fraction of sp³-hybridized carbons (Fsp3) is 0.286. The molecule has 0 aliphatic carbocycles. The molecule has 0 aliphatic rings. The second-order valence-electron chi connectivity index (χ2n) is 4.28. The topological polar surface area (TPSA) is 97.2 Å². The van der Waals surface area contributed by atoms with Gasteiger partial charge in [-0.05, 0) is 36.2 Å². The molecule has 116 valence electrons. The van der Waals surface area contributed by atoms with E-state index in [1.807, 2.05) is 0 Å². The fourth-order valence-corrected chi connectivity index (χ4v) is 1.96. The smallest absolute Gasteiger partial charge is 0.343 e. The third-order valence-electron chi connectivity index (χ3n) is 2.86. The van der Waals surface area contributed by atoms with Crippen molar-refractivity contribution in [1.82, 2.24) is 15.0 Å². The van der Waals surface area contributed by atoms with Gasteiger partial charge in [0.15, 0.2) is 0 Å². The molecular weight excluding hydrogens is 308 g/mol. The summed E-state index contributed by atoms with van der Waals surface area (Å²) in [5.41, 5.74) is 0.945. The molecule has 0 amide bonds. The molecule has 0 radical (unpaired) electrons. The second kappa shape index (κ2) is 7.67. The number of anilines is 1. The number of carbonyl (C=O) groups is 1. The number of rotatable bonds is 6. The van der Waals surface area contributed by atoms with E-state index in [9.17, 15) is 9.90 Å². The van der Waals surface area contributed by atoms with Gasteiger partial charge in [-0.1, -0.05) is 0 Å². The summed E-state index contributed by atoms with van der Waals surface area (Å²) in [7, 11) is 0. The predicted molar refractivity (Wildman–Crippen MR) is 80.7 cm³/mol. The van der Waals surface area contributed by atoms with Gasteiger partial charge in [0.2, 0.25) is 5.28 Å². The second-order valence-corrected chi connectivity index (χ2v) is 4.62. The molecule has 1 atom stereocenters. The van der Waals surface area contributed by atoms with Crippen molar-refractivity contribution >= 4 is 23.4 Å². The maximum Gasteiger partial charge on any atom is 0.343 e. The molecule has 22 heavy (non-hydrogen) atoms. The fourth-order valence-electron chi connectivity index (χ4n) is 1.82. The van der Waals surface area contributed by atoms with Gasteiger partial charge in [-0.25, -0.2) is 9.78 Å². The molecule has 2 heterocycles. The summed E-state index contributed by atoms with van der Waals surface area (Å²) in [6.45, 7) is 1.73. The van der Waals surface area contributed by atoms with Gasteiger partial charge in [-0.3, -0.25) is 4.98 Å². The van der Waals surface area contributed by atoms with Crippen LogP contribution in [0.5, 0.6) is 0 Å². The molecule has 7 nitrogen and oxygen atoms in total. The van der Waals surface area contributed by atoms with Crippen molar-refractivity contribution in [2.45, 2.75) is 13.0 Å². The van der Waals surface area contributed by atoms with Crippen LogP contribution in [-0.4, -0.2) is 39.2 Å². The first-order valence-electron chi connectivity index (χ1n) is 6.62. The van der Waals surface area contributed by atoms with E-state index in [1.54, 1.807) is 31.5 Å². The van der Waals surface area contributed by atoms with Crippen LogP contribution in [0.1, 0.15) is 28.9 Å². The number of esters is 1. The van der Waals surface area contributed by atoms with E-state index in [0.717, 1.165) is 5.56 Å². The third-order valence-corrected chi connectivity index (χ3v) is 3.04. The Morgan fingerprint density at radius 1 is 1.45 bits per heavy atom. The largest absolute Gasteiger partial charge is 0.462 e. The molecule has 0 saturated carbocycles. The maximum absolute atomic E-state index is 11.9. The Morgan fingerprint density at radius 2 is 2.18 bits per heavy atom. The number of pyridine rings is 1. The molecule has 0 aliphatic heterocycles. The SMILES string of the molecule is CCOC(=O)c1cnc(Cl)nc1NC(CO)c1ccncc1. The summed E-state index contributed by atoms with van der Waals surface area (Å²) in [4.78, 5) is 23.6. The lowest BCUT2D eigenvalue weighted by Gasteiger charge is -2.18. The van der Waals surface area contributed by atoms with Crippen LogP contribution in [0.4, 0.5) is 5.82 Å². The van der Waals surface area contributed by atoms with E-state index in [1.165, 1.54) is 6.20 Å². The minimum absolute atomic E-state index is 0.0121. The summed E-state index contributed by atoms with van der Waals surface area (Å²) in [5, 5.41) is 12.5. The van der Waals surface area contributed by atoms with E-state index in [-0.39, 0.29) is 29.9 Å². The molecule has 2 aromatic heterocycles. The lowest BCUT2D eigenvalue weighted by Crippen LogP contribution is -2.19. The van der Waals surface area contributed by atoms with E-state index in [0.29, 0.717) is 0 Å². The molecular formula is C14H15ClN4O3. The molecule has 8 heteroatoms. The van der Waals surface area contributed by atoms with Crippen LogP contribution in [0, 0.1) is 0 Å². The van der Waals surface area contributed by atoms with Crippen LogP contribution in [-0.2, 0) is 4.74 Å². The van der Waals surface area contributed by atoms with Crippen LogP contribution in [0.15, 0.2) is 30.7 Å². The van der Waals surface area contributed by atoms with E-state index < -0.39 is 12.0 Å². The number of hydrogen-bond donors (Lipinski definition) is 2. The number of aliphatic hydroxyl groups is 1. The van der Waals surface area contributed by atoms with Crippen LogP contribution in [0.25, 0.3) is 0 Å². The van der Waals surface area contributed by atoms with Gasteiger partial charge in [-0.2, -0.15) is 4.98 Å². The Hall–Kier alpha value is -2.25. The van der Waals surface area contributed by atoms with Crippen molar-refractivity contribution in [3.8, 4) is 0 Å². The van der Waals surface area contributed by atoms with Gasteiger partial charge < -0.3 is 15.2 Å². The molecule has 0 saturated heterocycles. The molecule has 2 N–H and O–H groups in total. The van der Waals surface area contributed by atoms with Crippen LogP contribution in [0.2, 0.25) is 5.28 Å². The predicted octanol–water partition coefficient (Wildman–Crippen LogP) is 1.85. The lowest BCUT2D eigenvalue weighted by molar-refractivity contribution is 0.0526. The molecule has 0 aromatic carbocycles. The number of nitrogens with zero attached hydrogens (tertiary/aromatic N) is 3. The van der Waals surface area contributed by atoms with Crippen molar-refractivity contribution in [3.05, 3.63) is 47.1 Å². The highest BCUT2D eigenvalue weighted by atomic mass is 35.5.